The van der Waals surface area contributed by atoms with E-state index in [0.717, 1.165) is 17.7 Å². The maximum Gasteiger partial charge on any atom is 0.416 e. The first-order valence-electron chi connectivity index (χ1n) is 11.5. The number of amides is 3. The molecule has 0 aliphatic heterocycles. The number of hydrogen-bond donors (Lipinski definition) is 3. The van der Waals surface area contributed by atoms with E-state index in [1.54, 1.807) is 24.3 Å². The molecule has 192 valence electrons. The lowest BCUT2D eigenvalue weighted by Gasteiger charge is -2.19. The highest BCUT2D eigenvalue weighted by Crippen LogP contribution is 2.32. The van der Waals surface area contributed by atoms with Crippen molar-refractivity contribution in [2.75, 3.05) is 6.54 Å². The molecular weight excluding hydrogens is 483 g/mol. The van der Waals surface area contributed by atoms with Crippen molar-refractivity contribution in [2.24, 2.45) is 5.73 Å². The van der Waals surface area contributed by atoms with Gasteiger partial charge in [0.15, 0.2) is 0 Å². The van der Waals surface area contributed by atoms with Crippen LogP contribution >= 0.6 is 0 Å². The Morgan fingerprint density at radius 3 is 2.27 bits per heavy atom. The number of benzene rings is 3. The van der Waals surface area contributed by atoms with Gasteiger partial charge in [0.2, 0.25) is 0 Å². The second kappa shape index (κ2) is 12.1. The Balaban J connectivity index is 1.69. The summed E-state index contributed by atoms with van der Waals surface area (Å²) in [5.41, 5.74) is 6.80. The number of hydrogen-bond acceptors (Lipinski definition) is 3. The molecule has 0 aromatic heterocycles. The molecule has 6 nitrogen and oxygen atoms in total. The fourth-order valence-electron chi connectivity index (χ4n) is 3.73. The minimum atomic E-state index is -4.41. The molecule has 0 aliphatic rings. The van der Waals surface area contributed by atoms with Crippen molar-refractivity contribution in [2.45, 2.75) is 31.5 Å². The Kier molecular flexibility index (Phi) is 8.93. The number of primary amides is 1. The van der Waals surface area contributed by atoms with E-state index in [0.29, 0.717) is 28.2 Å². The van der Waals surface area contributed by atoms with Crippen LogP contribution in [0.15, 0.2) is 78.9 Å². The van der Waals surface area contributed by atoms with Gasteiger partial charge in [0.05, 0.1) is 5.56 Å². The molecular formula is C28H26F3N3O3. The topological polar surface area (TPSA) is 95.7 Å². The van der Waals surface area contributed by atoms with Crippen LogP contribution in [0.1, 0.15) is 51.9 Å². The van der Waals surface area contributed by atoms with E-state index in [9.17, 15) is 28.0 Å². The van der Waals surface area contributed by atoms with Crippen LogP contribution in [-0.2, 0) is 6.18 Å². The summed E-state index contributed by atoms with van der Waals surface area (Å²) in [7, 11) is 0. The summed E-state index contributed by atoms with van der Waals surface area (Å²) in [6.07, 6.45) is -3.94. The van der Waals surface area contributed by atoms with Crippen molar-refractivity contribution in [1.82, 2.24) is 10.4 Å². The molecule has 0 radical (unpaired) electrons. The lowest BCUT2D eigenvalue weighted by molar-refractivity contribution is -0.137. The van der Waals surface area contributed by atoms with Gasteiger partial charge >= 0.3 is 12.2 Å². The Morgan fingerprint density at radius 1 is 1.00 bits per heavy atom. The number of halogens is 3. The van der Waals surface area contributed by atoms with Crippen molar-refractivity contribution >= 4 is 11.9 Å². The molecule has 9 heteroatoms. The van der Waals surface area contributed by atoms with Gasteiger partial charge < -0.3 is 11.1 Å². The number of carbonyl (C=O) groups excluding carboxylic acids is 2. The zero-order valence-corrected chi connectivity index (χ0v) is 20.0. The van der Waals surface area contributed by atoms with E-state index in [2.05, 4.69) is 17.2 Å². The largest absolute Gasteiger partial charge is 0.416 e. The van der Waals surface area contributed by atoms with E-state index in [-0.39, 0.29) is 18.4 Å². The quantitative estimate of drug-likeness (QED) is 0.233. The third-order valence-corrected chi connectivity index (χ3v) is 5.70. The smallest absolute Gasteiger partial charge is 0.352 e. The van der Waals surface area contributed by atoms with Crippen LogP contribution in [-0.4, -0.2) is 34.8 Å². The van der Waals surface area contributed by atoms with Gasteiger partial charge in [0.25, 0.3) is 5.91 Å². The van der Waals surface area contributed by atoms with Crippen LogP contribution in [0.2, 0.25) is 0 Å². The van der Waals surface area contributed by atoms with Crippen LogP contribution in [0.25, 0.3) is 0 Å². The van der Waals surface area contributed by atoms with Crippen LogP contribution in [0.3, 0.4) is 0 Å². The summed E-state index contributed by atoms with van der Waals surface area (Å²) in [6, 6.07) is 19.1. The average Bonchev–Trinajstić information content (AvgIpc) is 2.89. The predicted molar refractivity (Wildman–Crippen MR) is 133 cm³/mol. The first-order valence-corrected chi connectivity index (χ1v) is 11.5. The molecule has 2 atom stereocenters. The van der Waals surface area contributed by atoms with Gasteiger partial charge in [-0.1, -0.05) is 60.4 Å². The highest BCUT2D eigenvalue weighted by molar-refractivity contribution is 5.94. The average molecular weight is 510 g/mol. The van der Waals surface area contributed by atoms with Crippen LogP contribution in [0.4, 0.5) is 18.0 Å². The highest BCUT2D eigenvalue weighted by atomic mass is 19.4. The van der Waals surface area contributed by atoms with Gasteiger partial charge in [-0.25, -0.2) is 4.79 Å². The Hall–Kier alpha value is -4.29. The highest BCUT2D eigenvalue weighted by Gasteiger charge is 2.30. The number of urea groups is 1. The molecule has 0 heterocycles. The predicted octanol–water partition coefficient (Wildman–Crippen LogP) is 5.17. The summed E-state index contributed by atoms with van der Waals surface area (Å²) < 4.78 is 39.0. The SMILES string of the molecule is CC(C#Cc1cccc(C(=O)NCCC(c2ccccc2)c2ccc(C(F)(F)F)cc2)c1)N(O)C(N)=O. The first-order chi connectivity index (χ1) is 17.6. The molecule has 0 aliphatic carbocycles. The molecule has 4 N–H and O–H groups in total. The third kappa shape index (κ3) is 7.59. The standard InChI is InChI=1S/C28H26F3N3O3/c1-19(34(37)27(32)36)10-11-20-6-5-9-23(18-20)26(35)33-17-16-25(21-7-3-2-4-8-21)22-12-14-24(15-13-22)28(29,30)31/h2-9,12-15,18-19,25,37H,16-17H2,1H3,(H2,32,36)(H,33,35). The Morgan fingerprint density at radius 2 is 1.65 bits per heavy atom. The molecule has 0 spiro atoms. The number of rotatable bonds is 7. The number of nitrogens with one attached hydrogen (secondary N) is 1. The molecule has 0 saturated heterocycles. The number of hydroxylamine groups is 2. The van der Waals surface area contributed by atoms with Gasteiger partial charge in [-0.3, -0.25) is 10.0 Å². The fraction of sp³-hybridized carbons (Fsp3) is 0.214. The third-order valence-electron chi connectivity index (χ3n) is 5.70. The molecule has 2 unspecified atom stereocenters. The number of alkyl halides is 3. The lowest BCUT2D eigenvalue weighted by atomic mass is 9.88. The fourth-order valence-corrected chi connectivity index (χ4v) is 3.73. The number of nitrogens with two attached hydrogens (primary N) is 1. The van der Waals surface area contributed by atoms with E-state index in [4.69, 9.17) is 5.73 Å². The molecule has 3 rings (SSSR count). The van der Waals surface area contributed by atoms with Crippen LogP contribution in [0, 0.1) is 11.8 Å². The molecule has 0 fully saturated rings. The molecule has 3 amide bonds. The van der Waals surface area contributed by atoms with Crippen molar-refractivity contribution in [3.8, 4) is 11.8 Å². The van der Waals surface area contributed by atoms with Crippen molar-refractivity contribution in [3.05, 3.63) is 107 Å². The maximum absolute atomic E-state index is 13.0. The monoisotopic (exact) mass is 509 g/mol. The maximum atomic E-state index is 13.0. The Bertz CT molecular complexity index is 1280. The number of nitrogens with zero attached hydrogens (tertiary/aromatic N) is 1. The minimum Gasteiger partial charge on any atom is -0.352 e. The van der Waals surface area contributed by atoms with Gasteiger partial charge in [0, 0.05) is 23.6 Å². The second-order valence-electron chi connectivity index (χ2n) is 8.34. The molecule has 3 aromatic rings. The van der Waals surface area contributed by atoms with E-state index in [1.807, 2.05) is 30.3 Å². The van der Waals surface area contributed by atoms with Crippen molar-refractivity contribution in [3.63, 3.8) is 0 Å². The van der Waals surface area contributed by atoms with Gasteiger partial charge in [-0.2, -0.15) is 18.2 Å². The summed E-state index contributed by atoms with van der Waals surface area (Å²) in [6.45, 7) is 1.78. The zero-order chi connectivity index (χ0) is 27.0. The summed E-state index contributed by atoms with van der Waals surface area (Å²) in [5.74, 6) is 4.92. The van der Waals surface area contributed by atoms with Crippen LogP contribution < -0.4 is 11.1 Å². The first kappa shape index (κ1) is 27.3. The van der Waals surface area contributed by atoms with E-state index in [1.165, 1.54) is 19.1 Å². The van der Waals surface area contributed by atoms with Gasteiger partial charge in [-0.05, 0) is 54.8 Å². The van der Waals surface area contributed by atoms with E-state index >= 15 is 0 Å². The van der Waals surface area contributed by atoms with Gasteiger partial charge in [0.1, 0.15) is 6.04 Å². The molecule has 37 heavy (non-hydrogen) atoms. The molecule has 3 aromatic carbocycles. The minimum absolute atomic E-state index is 0.214. The van der Waals surface area contributed by atoms with Gasteiger partial charge in [-0.15, -0.1) is 0 Å². The Labute approximate surface area is 212 Å². The number of carbonyl (C=O) groups is 2. The molecule has 0 bridgehead atoms. The van der Waals surface area contributed by atoms with Crippen LogP contribution in [0.5, 0.6) is 0 Å². The summed E-state index contributed by atoms with van der Waals surface area (Å²) >= 11 is 0. The van der Waals surface area contributed by atoms with Crippen molar-refractivity contribution < 1.29 is 28.0 Å². The molecule has 0 saturated carbocycles. The van der Waals surface area contributed by atoms with Crippen molar-refractivity contribution in [1.29, 1.82) is 0 Å². The lowest BCUT2D eigenvalue weighted by Crippen LogP contribution is -2.38. The second-order valence-corrected chi connectivity index (χ2v) is 8.34. The summed E-state index contributed by atoms with van der Waals surface area (Å²) in [5, 5.41) is 12.7. The summed E-state index contributed by atoms with van der Waals surface area (Å²) in [4.78, 5) is 23.8. The normalized spacial score (nSPS) is 12.6. The zero-order valence-electron chi connectivity index (χ0n) is 20.0. The van der Waals surface area contributed by atoms with E-state index < -0.39 is 23.8 Å².